The number of amides is 3. The number of benzene rings is 2. The van der Waals surface area contributed by atoms with Crippen LogP contribution in [0, 0.1) is 11.7 Å². The van der Waals surface area contributed by atoms with Crippen LogP contribution in [0.3, 0.4) is 0 Å². The van der Waals surface area contributed by atoms with E-state index in [4.69, 9.17) is 0 Å². The first kappa shape index (κ1) is 18.6. The quantitative estimate of drug-likeness (QED) is 0.811. The van der Waals surface area contributed by atoms with Crippen LogP contribution < -0.4 is 15.8 Å². The lowest BCUT2D eigenvalue weighted by Crippen LogP contribution is -2.45. The zero-order valence-electron chi connectivity index (χ0n) is 14.9. The molecule has 0 aromatic heterocycles. The number of carbonyl (C=O) groups is 3. The molecule has 3 rings (SSSR count). The molecule has 27 heavy (non-hydrogen) atoms. The number of anilines is 1. The predicted octanol–water partition coefficient (Wildman–Crippen LogP) is 2.20. The molecule has 1 atom stereocenters. The van der Waals surface area contributed by atoms with Crippen LogP contribution in [0.1, 0.15) is 29.3 Å². The van der Waals surface area contributed by atoms with Crippen LogP contribution in [0.5, 0.6) is 0 Å². The molecule has 1 saturated heterocycles. The van der Waals surface area contributed by atoms with Crippen LogP contribution in [0.15, 0.2) is 48.5 Å². The van der Waals surface area contributed by atoms with Crippen LogP contribution in [0.4, 0.5) is 10.1 Å². The Bertz CT molecular complexity index is 867. The molecule has 0 aliphatic carbocycles. The van der Waals surface area contributed by atoms with E-state index in [9.17, 15) is 18.8 Å². The molecule has 0 saturated carbocycles. The van der Waals surface area contributed by atoms with Crippen molar-refractivity contribution < 1.29 is 18.8 Å². The van der Waals surface area contributed by atoms with Crippen LogP contribution in [0.2, 0.25) is 0 Å². The van der Waals surface area contributed by atoms with Gasteiger partial charge < -0.3 is 4.90 Å². The Hall–Kier alpha value is -3.22. The number of carbonyl (C=O) groups excluding carboxylic acids is 3. The lowest BCUT2D eigenvalue weighted by Gasteiger charge is -2.17. The van der Waals surface area contributed by atoms with E-state index in [-0.39, 0.29) is 24.4 Å². The number of hydrazine groups is 1. The van der Waals surface area contributed by atoms with Gasteiger partial charge in [0.25, 0.3) is 5.91 Å². The highest BCUT2D eigenvalue weighted by molar-refractivity contribution is 6.01. The minimum Gasteiger partial charge on any atom is -0.312 e. The molecule has 3 amide bonds. The van der Waals surface area contributed by atoms with Gasteiger partial charge in [0.2, 0.25) is 11.8 Å². The monoisotopic (exact) mass is 369 g/mol. The van der Waals surface area contributed by atoms with Gasteiger partial charge >= 0.3 is 0 Å². The summed E-state index contributed by atoms with van der Waals surface area (Å²) in [7, 11) is 0. The fraction of sp³-hybridized carbons (Fsp3) is 0.250. The summed E-state index contributed by atoms with van der Waals surface area (Å²) in [4.78, 5) is 38.1. The highest BCUT2D eigenvalue weighted by Crippen LogP contribution is 2.25. The van der Waals surface area contributed by atoms with E-state index in [2.05, 4.69) is 10.9 Å². The summed E-state index contributed by atoms with van der Waals surface area (Å²) in [6.45, 7) is 2.28. The van der Waals surface area contributed by atoms with Crippen molar-refractivity contribution in [2.45, 2.75) is 19.8 Å². The van der Waals surface area contributed by atoms with Gasteiger partial charge in [0.05, 0.1) is 11.5 Å². The lowest BCUT2D eigenvalue weighted by atomic mass is 10.1. The van der Waals surface area contributed by atoms with Crippen molar-refractivity contribution in [1.29, 1.82) is 0 Å². The van der Waals surface area contributed by atoms with E-state index in [1.807, 2.05) is 31.2 Å². The zero-order valence-corrected chi connectivity index (χ0v) is 14.9. The summed E-state index contributed by atoms with van der Waals surface area (Å²) in [5.74, 6) is -2.66. The van der Waals surface area contributed by atoms with Crippen LogP contribution in [-0.2, 0) is 16.0 Å². The lowest BCUT2D eigenvalue weighted by molar-refractivity contribution is -0.126. The number of nitrogens with one attached hydrogen (secondary N) is 2. The maximum absolute atomic E-state index is 13.6. The Labute approximate surface area is 156 Å². The Morgan fingerprint density at radius 2 is 1.81 bits per heavy atom. The molecule has 0 bridgehead atoms. The normalized spacial score (nSPS) is 16.3. The molecule has 2 N–H and O–H groups in total. The summed E-state index contributed by atoms with van der Waals surface area (Å²) >= 11 is 0. The number of hydrogen-bond donors (Lipinski definition) is 2. The van der Waals surface area contributed by atoms with Crippen molar-refractivity contribution in [2.24, 2.45) is 5.92 Å². The first-order valence-electron chi connectivity index (χ1n) is 8.73. The average Bonchev–Trinajstić information content (AvgIpc) is 3.08. The molecule has 7 heteroatoms. The molecular weight excluding hydrogens is 349 g/mol. The van der Waals surface area contributed by atoms with Gasteiger partial charge in [-0.25, -0.2) is 4.39 Å². The SMILES string of the molecule is CCc1ccc(N2C[C@@H](C(=O)NNC(=O)c3ccccc3F)CC2=O)cc1. The van der Waals surface area contributed by atoms with Gasteiger partial charge in [-0.2, -0.15) is 0 Å². The molecule has 1 fully saturated rings. The topological polar surface area (TPSA) is 78.5 Å². The number of halogens is 1. The first-order chi connectivity index (χ1) is 13.0. The molecular formula is C20H20FN3O3. The second-order valence-electron chi connectivity index (χ2n) is 6.35. The Morgan fingerprint density at radius 1 is 1.11 bits per heavy atom. The van der Waals surface area contributed by atoms with E-state index >= 15 is 0 Å². The van der Waals surface area contributed by atoms with E-state index in [0.717, 1.165) is 23.7 Å². The molecule has 0 unspecified atom stereocenters. The number of rotatable bonds is 4. The summed E-state index contributed by atoms with van der Waals surface area (Å²) in [6, 6.07) is 13.1. The maximum Gasteiger partial charge on any atom is 0.272 e. The second kappa shape index (κ2) is 7.99. The average molecular weight is 369 g/mol. The summed E-state index contributed by atoms with van der Waals surface area (Å²) in [5.41, 5.74) is 6.20. The molecule has 1 aliphatic rings. The molecule has 6 nitrogen and oxygen atoms in total. The van der Waals surface area contributed by atoms with Crippen molar-refractivity contribution in [2.75, 3.05) is 11.4 Å². The molecule has 0 spiro atoms. The van der Waals surface area contributed by atoms with Crippen LogP contribution in [0.25, 0.3) is 0 Å². The van der Waals surface area contributed by atoms with Crippen molar-refractivity contribution in [3.8, 4) is 0 Å². The minimum atomic E-state index is -0.752. The summed E-state index contributed by atoms with van der Waals surface area (Å²) in [6.07, 6.45) is 0.956. The van der Waals surface area contributed by atoms with Gasteiger partial charge in [0.1, 0.15) is 5.82 Å². The fourth-order valence-corrected chi connectivity index (χ4v) is 2.98. The molecule has 0 radical (unpaired) electrons. The van der Waals surface area contributed by atoms with E-state index in [0.29, 0.717) is 0 Å². The summed E-state index contributed by atoms with van der Waals surface area (Å²) in [5, 5.41) is 0. The maximum atomic E-state index is 13.6. The number of hydrogen-bond acceptors (Lipinski definition) is 3. The van der Waals surface area contributed by atoms with Crippen LogP contribution >= 0.6 is 0 Å². The third kappa shape index (κ3) is 4.13. The third-order valence-electron chi connectivity index (χ3n) is 4.57. The van der Waals surface area contributed by atoms with E-state index in [1.165, 1.54) is 18.2 Å². The van der Waals surface area contributed by atoms with Crippen molar-refractivity contribution in [1.82, 2.24) is 10.9 Å². The Kier molecular flexibility index (Phi) is 5.49. The molecule has 2 aromatic carbocycles. The second-order valence-corrected chi connectivity index (χ2v) is 6.35. The van der Waals surface area contributed by atoms with Crippen LogP contribution in [-0.4, -0.2) is 24.3 Å². The Morgan fingerprint density at radius 3 is 2.48 bits per heavy atom. The molecule has 2 aromatic rings. The predicted molar refractivity (Wildman–Crippen MR) is 98.3 cm³/mol. The minimum absolute atomic E-state index is 0.0525. The largest absolute Gasteiger partial charge is 0.312 e. The zero-order chi connectivity index (χ0) is 19.4. The van der Waals surface area contributed by atoms with Gasteiger partial charge in [0.15, 0.2) is 0 Å². The summed E-state index contributed by atoms with van der Waals surface area (Å²) < 4.78 is 13.6. The highest BCUT2D eigenvalue weighted by Gasteiger charge is 2.35. The smallest absolute Gasteiger partial charge is 0.272 e. The van der Waals surface area contributed by atoms with Gasteiger partial charge in [0, 0.05) is 18.7 Å². The molecule has 140 valence electrons. The van der Waals surface area contributed by atoms with Gasteiger partial charge in [-0.3, -0.25) is 25.2 Å². The first-order valence-corrected chi connectivity index (χ1v) is 8.73. The van der Waals surface area contributed by atoms with E-state index < -0.39 is 23.5 Å². The van der Waals surface area contributed by atoms with Crippen molar-refractivity contribution >= 4 is 23.4 Å². The van der Waals surface area contributed by atoms with Gasteiger partial charge in [-0.1, -0.05) is 31.2 Å². The van der Waals surface area contributed by atoms with Crippen molar-refractivity contribution in [3.63, 3.8) is 0 Å². The highest BCUT2D eigenvalue weighted by atomic mass is 19.1. The molecule has 1 heterocycles. The number of nitrogens with zero attached hydrogens (tertiary/aromatic N) is 1. The van der Waals surface area contributed by atoms with Gasteiger partial charge in [-0.05, 0) is 36.2 Å². The number of aryl methyl sites for hydroxylation is 1. The third-order valence-corrected chi connectivity index (χ3v) is 4.57. The standard InChI is InChI=1S/C20H20FN3O3/c1-2-13-7-9-15(10-8-13)24-12-14(11-18(24)25)19(26)22-23-20(27)16-5-3-4-6-17(16)21/h3-10,14H,2,11-12H2,1H3,(H,22,26)(H,23,27)/t14-/m0/s1. The van der Waals surface area contributed by atoms with E-state index in [1.54, 1.807) is 4.90 Å². The molecule has 1 aliphatic heterocycles. The van der Waals surface area contributed by atoms with Gasteiger partial charge in [-0.15, -0.1) is 0 Å². The fourth-order valence-electron chi connectivity index (χ4n) is 2.98. The van der Waals surface area contributed by atoms with Crippen molar-refractivity contribution in [3.05, 3.63) is 65.5 Å². The Balaban J connectivity index is 1.58.